The Bertz CT molecular complexity index is 130. The normalized spacial score (nSPS) is 14.2. The van der Waals surface area contributed by atoms with E-state index >= 15 is 0 Å². The van der Waals surface area contributed by atoms with E-state index in [2.05, 4.69) is 19.0 Å². The van der Waals surface area contributed by atoms with Crippen LogP contribution >= 0.6 is 0 Å². The van der Waals surface area contributed by atoms with Gasteiger partial charge in [-0.25, -0.2) is 0 Å². The van der Waals surface area contributed by atoms with Gasteiger partial charge in [-0.15, -0.1) is 0 Å². The fourth-order valence-corrected chi connectivity index (χ4v) is 0.910. The molecule has 0 aromatic carbocycles. The van der Waals surface area contributed by atoms with E-state index in [9.17, 15) is 4.91 Å². The molecule has 2 heteroatoms. The van der Waals surface area contributed by atoms with Crippen LogP contribution in [0, 0.1) is 10.8 Å². The van der Waals surface area contributed by atoms with Crippen molar-refractivity contribution in [2.45, 2.75) is 39.7 Å². The van der Waals surface area contributed by atoms with Gasteiger partial charge < -0.3 is 0 Å². The highest BCUT2D eigenvalue weighted by Gasteiger charge is 2.04. The molecule has 0 aliphatic carbocycles. The maximum atomic E-state index is 10.2. The third-order valence-corrected chi connectivity index (χ3v) is 1.59. The first-order chi connectivity index (χ1) is 5.20. The summed E-state index contributed by atoms with van der Waals surface area (Å²) in [5.41, 5.74) is 0. The first-order valence-electron chi connectivity index (χ1n) is 4.16. The molecular weight excluding hydrogens is 138 g/mol. The maximum absolute atomic E-state index is 10.2. The van der Waals surface area contributed by atoms with Gasteiger partial charge in [0.25, 0.3) is 0 Å². The molecule has 0 aromatic heterocycles. The summed E-state index contributed by atoms with van der Waals surface area (Å²) in [6, 6.07) is -0.109. The van der Waals surface area contributed by atoms with Crippen molar-refractivity contribution in [3.05, 3.63) is 17.1 Å². The second-order valence-corrected chi connectivity index (χ2v) is 3.17. The van der Waals surface area contributed by atoms with Crippen molar-refractivity contribution < 1.29 is 0 Å². The molecule has 0 rings (SSSR count). The topological polar surface area (TPSA) is 29.4 Å². The van der Waals surface area contributed by atoms with Crippen molar-refractivity contribution in [2.75, 3.05) is 0 Å². The van der Waals surface area contributed by atoms with Crippen LogP contribution in [0.1, 0.15) is 33.6 Å². The number of hydrogen-bond donors (Lipinski definition) is 0. The van der Waals surface area contributed by atoms with Crippen LogP contribution in [-0.4, -0.2) is 6.04 Å². The van der Waals surface area contributed by atoms with E-state index in [1.54, 1.807) is 0 Å². The zero-order chi connectivity index (χ0) is 8.69. The summed E-state index contributed by atoms with van der Waals surface area (Å²) in [5, 5.41) is 3.01. The highest BCUT2D eigenvalue weighted by Crippen LogP contribution is 2.09. The standard InChI is InChI=1S/C9H17NO/c1-4-5-9(10-11)7-6-8(2)3/h4-5,8-9H,6-7H2,1-3H3/b5-4-. The highest BCUT2D eigenvalue weighted by molar-refractivity contribution is 4.90. The minimum Gasteiger partial charge on any atom is -0.150 e. The molecule has 0 heterocycles. The summed E-state index contributed by atoms with van der Waals surface area (Å²) in [4.78, 5) is 10.2. The Morgan fingerprint density at radius 2 is 2.00 bits per heavy atom. The van der Waals surface area contributed by atoms with Gasteiger partial charge in [0.1, 0.15) is 6.04 Å². The van der Waals surface area contributed by atoms with Gasteiger partial charge in [-0.1, -0.05) is 31.2 Å². The Hall–Kier alpha value is -0.660. The summed E-state index contributed by atoms with van der Waals surface area (Å²) < 4.78 is 0. The number of hydrogen-bond acceptors (Lipinski definition) is 2. The fraction of sp³-hybridized carbons (Fsp3) is 0.778. The lowest BCUT2D eigenvalue weighted by atomic mass is 10.0. The first kappa shape index (κ1) is 10.3. The van der Waals surface area contributed by atoms with Crippen LogP contribution in [0.5, 0.6) is 0 Å². The van der Waals surface area contributed by atoms with Crippen LogP contribution in [-0.2, 0) is 0 Å². The Morgan fingerprint density at radius 1 is 1.36 bits per heavy atom. The molecule has 1 atom stereocenters. The fourth-order valence-electron chi connectivity index (χ4n) is 0.910. The van der Waals surface area contributed by atoms with E-state index < -0.39 is 0 Å². The summed E-state index contributed by atoms with van der Waals surface area (Å²) in [7, 11) is 0. The summed E-state index contributed by atoms with van der Waals surface area (Å²) >= 11 is 0. The Kier molecular flexibility index (Phi) is 5.71. The predicted molar refractivity (Wildman–Crippen MR) is 48.5 cm³/mol. The molecule has 0 aromatic rings. The Morgan fingerprint density at radius 3 is 2.36 bits per heavy atom. The predicted octanol–water partition coefficient (Wildman–Crippen LogP) is 3.13. The van der Waals surface area contributed by atoms with Gasteiger partial charge >= 0.3 is 0 Å². The van der Waals surface area contributed by atoms with Crippen LogP contribution < -0.4 is 0 Å². The minimum atomic E-state index is -0.109. The van der Waals surface area contributed by atoms with Crippen LogP contribution in [0.15, 0.2) is 17.3 Å². The van der Waals surface area contributed by atoms with Gasteiger partial charge in [0.2, 0.25) is 0 Å². The SMILES string of the molecule is C/C=C\C(CCC(C)C)N=O. The number of allylic oxidation sites excluding steroid dienone is 1. The smallest absolute Gasteiger partial charge is 0.110 e. The molecule has 0 saturated carbocycles. The molecule has 0 radical (unpaired) electrons. The van der Waals surface area contributed by atoms with Gasteiger partial charge in [0.05, 0.1) is 0 Å². The molecule has 0 amide bonds. The third kappa shape index (κ3) is 5.77. The van der Waals surface area contributed by atoms with Crippen molar-refractivity contribution in [2.24, 2.45) is 11.1 Å². The molecule has 0 aliphatic rings. The van der Waals surface area contributed by atoms with Gasteiger partial charge in [-0.3, -0.25) is 0 Å². The molecule has 1 unspecified atom stereocenters. The van der Waals surface area contributed by atoms with Crippen LogP contribution in [0.3, 0.4) is 0 Å². The summed E-state index contributed by atoms with van der Waals surface area (Å²) in [5.74, 6) is 0.657. The molecule has 64 valence electrons. The molecule has 0 spiro atoms. The van der Waals surface area contributed by atoms with Crippen molar-refractivity contribution >= 4 is 0 Å². The van der Waals surface area contributed by atoms with Crippen molar-refractivity contribution in [1.82, 2.24) is 0 Å². The number of rotatable bonds is 5. The molecule has 0 saturated heterocycles. The third-order valence-electron chi connectivity index (χ3n) is 1.59. The van der Waals surface area contributed by atoms with Crippen LogP contribution in [0.4, 0.5) is 0 Å². The zero-order valence-corrected chi connectivity index (χ0v) is 7.58. The highest BCUT2D eigenvalue weighted by atomic mass is 16.3. The number of nitrogens with zero attached hydrogens (tertiary/aromatic N) is 1. The van der Waals surface area contributed by atoms with Crippen molar-refractivity contribution in [3.8, 4) is 0 Å². The van der Waals surface area contributed by atoms with E-state index in [4.69, 9.17) is 0 Å². The van der Waals surface area contributed by atoms with Crippen LogP contribution in [0.25, 0.3) is 0 Å². The molecule has 0 aliphatic heterocycles. The zero-order valence-electron chi connectivity index (χ0n) is 7.58. The summed E-state index contributed by atoms with van der Waals surface area (Å²) in [6.45, 7) is 6.21. The molecule has 2 nitrogen and oxygen atoms in total. The van der Waals surface area contributed by atoms with E-state index in [0.717, 1.165) is 12.8 Å². The van der Waals surface area contributed by atoms with Crippen LogP contribution in [0.2, 0.25) is 0 Å². The molecule has 0 fully saturated rings. The largest absolute Gasteiger partial charge is 0.150 e. The second kappa shape index (κ2) is 6.08. The van der Waals surface area contributed by atoms with Gasteiger partial charge in [-0.05, 0) is 25.7 Å². The van der Waals surface area contributed by atoms with Gasteiger partial charge in [0.15, 0.2) is 0 Å². The van der Waals surface area contributed by atoms with E-state index in [0.29, 0.717) is 5.92 Å². The van der Waals surface area contributed by atoms with Crippen molar-refractivity contribution in [3.63, 3.8) is 0 Å². The quantitative estimate of drug-likeness (QED) is 0.443. The van der Waals surface area contributed by atoms with Gasteiger partial charge in [-0.2, -0.15) is 4.91 Å². The molecule has 0 bridgehead atoms. The maximum Gasteiger partial charge on any atom is 0.110 e. The Labute approximate surface area is 68.7 Å². The Balaban J connectivity index is 3.60. The average Bonchev–Trinajstić information content (AvgIpc) is 1.97. The first-order valence-corrected chi connectivity index (χ1v) is 4.16. The second-order valence-electron chi connectivity index (χ2n) is 3.17. The van der Waals surface area contributed by atoms with E-state index in [1.807, 2.05) is 19.1 Å². The average molecular weight is 155 g/mol. The van der Waals surface area contributed by atoms with Gasteiger partial charge in [0, 0.05) is 0 Å². The van der Waals surface area contributed by atoms with E-state index in [1.165, 1.54) is 0 Å². The minimum absolute atomic E-state index is 0.109. The lowest BCUT2D eigenvalue weighted by Gasteiger charge is -2.05. The molecule has 11 heavy (non-hydrogen) atoms. The molecular formula is C9H17NO. The monoisotopic (exact) mass is 155 g/mol. The number of nitroso groups, excluding NO2 is 1. The lowest BCUT2D eigenvalue weighted by molar-refractivity contribution is 0.531. The van der Waals surface area contributed by atoms with E-state index in [-0.39, 0.29) is 6.04 Å². The van der Waals surface area contributed by atoms with Crippen molar-refractivity contribution in [1.29, 1.82) is 0 Å². The lowest BCUT2D eigenvalue weighted by Crippen LogP contribution is -2.01. The summed E-state index contributed by atoms with van der Waals surface area (Å²) in [6.07, 6.45) is 5.69. The molecule has 0 N–H and O–H groups in total.